The Kier molecular flexibility index (Phi) is 6.81. The SMILES string of the molecule is CC(=O)Nc1cccc(-n2c(SCC(=O)NC(C)c3ccccc3Cl)nnc2C2CC2)c1. The monoisotopic (exact) mass is 469 g/mol. The summed E-state index contributed by atoms with van der Waals surface area (Å²) >= 11 is 7.58. The van der Waals surface area contributed by atoms with Gasteiger partial charge >= 0.3 is 0 Å². The number of anilines is 1. The molecule has 166 valence electrons. The van der Waals surface area contributed by atoms with Crippen LogP contribution in [-0.4, -0.2) is 32.3 Å². The highest BCUT2D eigenvalue weighted by molar-refractivity contribution is 7.99. The number of nitrogens with zero attached hydrogens (tertiary/aromatic N) is 3. The Labute approximate surface area is 196 Å². The molecule has 1 fully saturated rings. The molecule has 0 saturated heterocycles. The van der Waals surface area contributed by atoms with Crippen LogP contribution in [0.25, 0.3) is 5.69 Å². The van der Waals surface area contributed by atoms with Crippen molar-refractivity contribution in [1.82, 2.24) is 20.1 Å². The highest BCUT2D eigenvalue weighted by Crippen LogP contribution is 2.41. The van der Waals surface area contributed by atoms with Crippen LogP contribution in [0.5, 0.6) is 0 Å². The van der Waals surface area contributed by atoms with Gasteiger partial charge in [-0.05, 0) is 49.6 Å². The van der Waals surface area contributed by atoms with Gasteiger partial charge in [0, 0.05) is 23.6 Å². The third-order valence-corrected chi connectivity index (χ3v) is 6.38. The van der Waals surface area contributed by atoms with Crippen molar-refractivity contribution in [2.75, 3.05) is 11.1 Å². The first-order chi connectivity index (χ1) is 15.4. The summed E-state index contributed by atoms with van der Waals surface area (Å²) in [7, 11) is 0. The lowest BCUT2D eigenvalue weighted by molar-refractivity contribution is -0.119. The molecule has 7 nitrogen and oxygen atoms in total. The number of thioether (sulfide) groups is 1. The van der Waals surface area contributed by atoms with E-state index in [9.17, 15) is 9.59 Å². The van der Waals surface area contributed by atoms with Gasteiger partial charge in [-0.15, -0.1) is 10.2 Å². The zero-order chi connectivity index (χ0) is 22.7. The topological polar surface area (TPSA) is 88.9 Å². The van der Waals surface area contributed by atoms with Gasteiger partial charge in [0.25, 0.3) is 0 Å². The van der Waals surface area contributed by atoms with Gasteiger partial charge in [-0.25, -0.2) is 0 Å². The molecule has 1 atom stereocenters. The van der Waals surface area contributed by atoms with E-state index in [2.05, 4.69) is 20.8 Å². The molecular weight excluding hydrogens is 446 g/mol. The van der Waals surface area contributed by atoms with Gasteiger partial charge in [-0.3, -0.25) is 14.2 Å². The third-order valence-electron chi connectivity index (χ3n) is 5.11. The predicted molar refractivity (Wildman–Crippen MR) is 126 cm³/mol. The molecule has 0 bridgehead atoms. The number of carbonyl (C=O) groups is 2. The number of benzene rings is 2. The zero-order valence-electron chi connectivity index (χ0n) is 17.8. The second-order valence-corrected chi connectivity index (χ2v) is 9.13. The van der Waals surface area contributed by atoms with Crippen LogP contribution in [-0.2, 0) is 9.59 Å². The van der Waals surface area contributed by atoms with Crippen LogP contribution in [0.4, 0.5) is 5.69 Å². The minimum Gasteiger partial charge on any atom is -0.349 e. The van der Waals surface area contributed by atoms with Gasteiger partial charge in [0.15, 0.2) is 5.16 Å². The number of carbonyl (C=O) groups excluding carboxylic acids is 2. The van der Waals surface area contributed by atoms with E-state index in [1.54, 1.807) is 0 Å². The van der Waals surface area contributed by atoms with Gasteiger partial charge in [-0.2, -0.15) is 0 Å². The molecule has 1 unspecified atom stereocenters. The summed E-state index contributed by atoms with van der Waals surface area (Å²) < 4.78 is 1.98. The molecule has 0 aliphatic heterocycles. The van der Waals surface area contributed by atoms with Crippen molar-refractivity contribution in [2.45, 2.75) is 43.8 Å². The van der Waals surface area contributed by atoms with Crippen molar-refractivity contribution in [1.29, 1.82) is 0 Å². The van der Waals surface area contributed by atoms with E-state index in [0.29, 0.717) is 21.8 Å². The first-order valence-corrected chi connectivity index (χ1v) is 11.8. The molecule has 2 amide bonds. The Bertz CT molecular complexity index is 1140. The Hall–Kier alpha value is -2.84. The lowest BCUT2D eigenvalue weighted by Crippen LogP contribution is -2.28. The number of rotatable bonds is 8. The Morgan fingerprint density at radius 2 is 1.97 bits per heavy atom. The van der Waals surface area contributed by atoms with E-state index in [4.69, 9.17) is 11.6 Å². The van der Waals surface area contributed by atoms with Crippen LogP contribution in [0.2, 0.25) is 5.02 Å². The van der Waals surface area contributed by atoms with Crippen LogP contribution in [0, 0.1) is 0 Å². The predicted octanol–water partition coefficient (Wildman–Crippen LogP) is 4.73. The van der Waals surface area contributed by atoms with Crippen molar-refractivity contribution in [3.63, 3.8) is 0 Å². The summed E-state index contributed by atoms with van der Waals surface area (Å²) in [6, 6.07) is 14.8. The standard InChI is InChI=1S/C23H24ClN5O2S/c1-14(19-8-3-4-9-20(19)24)25-21(31)13-32-23-28-27-22(16-10-11-16)29(23)18-7-5-6-17(12-18)26-15(2)30/h3-9,12,14,16H,10-11,13H2,1-2H3,(H,25,31)(H,26,30). The van der Waals surface area contributed by atoms with E-state index in [0.717, 1.165) is 29.9 Å². The molecule has 9 heteroatoms. The Balaban J connectivity index is 1.49. The van der Waals surface area contributed by atoms with Gasteiger partial charge < -0.3 is 10.6 Å². The van der Waals surface area contributed by atoms with Gasteiger partial charge in [0.1, 0.15) is 5.82 Å². The largest absolute Gasteiger partial charge is 0.349 e. The summed E-state index contributed by atoms with van der Waals surface area (Å²) in [5.41, 5.74) is 2.43. The van der Waals surface area contributed by atoms with Crippen molar-refractivity contribution in [3.05, 3.63) is 64.9 Å². The smallest absolute Gasteiger partial charge is 0.230 e. The fraction of sp³-hybridized carbons (Fsp3) is 0.304. The van der Waals surface area contributed by atoms with Gasteiger partial charge in [0.2, 0.25) is 11.8 Å². The average molecular weight is 470 g/mol. The van der Waals surface area contributed by atoms with Gasteiger partial charge in [0.05, 0.1) is 17.5 Å². The normalized spacial score (nSPS) is 14.1. The van der Waals surface area contributed by atoms with Crippen LogP contribution < -0.4 is 10.6 Å². The van der Waals surface area contributed by atoms with E-state index in [1.165, 1.54) is 18.7 Å². The molecular formula is C23H24ClN5O2S. The Morgan fingerprint density at radius 1 is 1.19 bits per heavy atom. The molecule has 1 heterocycles. The second-order valence-electron chi connectivity index (χ2n) is 7.78. The molecule has 1 aliphatic carbocycles. The summed E-state index contributed by atoms with van der Waals surface area (Å²) in [6.45, 7) is 3.38. The van der Waals surface area contributed by atoms with Crippen LogP contribution >= 0.6 is 23.4 Å². The fourth-order valence-electron chi connectivity index (χ4n) is 3.47. The first-order valence-electron chi connectivity index (χ1n) is 10.4. The number of hydrogen-bond acceptors (Lipinski definition) is 5. The molecule has 2 aromatic carbocycles. The maximum absolute atomic E-state index is 12.6. The number of nitrogens with one attached hydrogen (secondary N) is 2. The van der Waals surface area contributed by atoms with Crippen molar-refractivity contribution in [3.8, 4) is 5.69 Å². The zero-order valence-corrected chi connectivity index (χ0v) is 19.4. The Morgan fingerprint density at radius 3 is 2.69 bits per heavy atom. The molecule has 0 spiro atoms. The van der Waals surface area contributed by atoms with Crippen LogP contribution in [0.15, 0.2) is 53.7 Å². The van der Waals surface area contributed by atoms with Crippen molar-refractivity contribution < 1.29 is 9.59 Å². The maximum Gasteiger partial charge on any atom is 0.230 e. The second kappa shape index (κ2) is 9.75. The average Bonchev–Trinajstić information content (AvgIpc) is 3.51. The molecule has 1 aliphatic rings. The van der Waals surface area contributed by atoms with Gasteiger partial charge in [-0.1, -0.05) is 47.6 Å². The molecule has 3 aromatic rings. The quantitative estimate of drug-likeness (QED) is 0.466. The summed E-state index contributed by atoms with van der Waals surface area (Å²) in [5.74, 6) is 1.21. The lowest BCUT2D eigenvalue weighted by Gasteiger charge is -2.16. The minimum absolute atomic E-state index is 0.114. The highest BCUT2D eigenvalue weighted by Gasteiger charge is 2.31. The summed E-state index contributed by atoms with van der Waals surface area (Å²) in [4.78, 5) is 24.1. The maximum atomic E-state index is 12.6. The number of aromatic nitrogens is 3. The minimum atomic E-state index is -0.203. The molecule has 1 aromatic heterocycles. The number of amides is 2. The number of halogens is 1. The fourth-order valence-corrected chi connectivity index (χ4v) is 4.54. The van der Waals surface area contributed by atoms with Crippen LogP contribution in [0.3, 0.4) is 0 Å². The van der Waals surface area contributed by atoms with E-state index < -0.39 is 0 Å². The molecule has 1 saturated carbocycles. The van der Waals surface area contributed by atoms with Crippen molar-refractivity contribution >= 4 is 40.9 Å². The van der Waals surface area contributed by atoms with E-state index in [-0.39, 0.29) is 23.6 Å². The molecule has 2 N–H and O–H groups in total. The lowest BCUT2D eigenvalue weighted by atomic mass is 10.1. The van der Waals surface area contributed by atoms with E-state index in [1.807, 2.05) is 60.0 Å². The third kappa shape index (κ3) is 5.31. The molecule has 0 radical (unpaired) electrons. The highest BCUT2D eigenvalue weighted by atomic mass is 35.5. The van der Waals surface area contributed by atoms with Crippen molar-refractivity contribution in [2.24, 2.45) is 0 Å². The summed E-state index contributed by atoms with van der Waals surface area (Å²) in [6.07, 6.45) is 2.15. The van der Waals surface area contributed by atoms with Crippen LogP contribution in [0.1, 0.15) is 50.0 Å². The molecule has 4 rings (SSSR count). The number of hydrogen-bond donors (Lipinski definition) is 2. The van der Waals surface area contributed by atoms with E-state index >= 15 is 0 Å². The summed E-state index contributed by atoms with van der Waals surface area (Å²) in [5, 5.41) is 15.8. The molecule has 32 heavy (non-hydrogen) atoms. The first kappa shape index (κ1) is 22.4.